The van der Waals surface area contributed by atoms with Crippen LogP contribution in [0.25, 0.3) is 0 Å². The van der Waals surface area contributed by atoms with Gasteiger partial charge in [0, 0.05) is 0 Å². The van der Waals surface area contributed by atoms with Gasteiger partial charge in [-0.05, 0) is 12.0 Å². The lowest BCUT2D eigenvalue weighted by molar-refractivity contribution is -0.145. The van der Waals surface area contributed by atoms with Crippen LogP contribution < -0.4 is 10.6 Å². The maximum atomic E-state index is 11.6. The number of carbonyl (C=O) groups excluding carboxylic acids is 3. The molecule has 0 saturated carbocycles. The minimum Gasteiger partial charge on any atom is -0.467 e. The van der Waals surface area contributed by atoms with Gasteiger partial charge in [-0.1, -0.05) is 37.3 Å². The molecule has 7 heteroatoms. The predicted octanol–water partition coefficient (Wildman–Crippen LogP) is 0.981. The average molecular weight is 308 g/mol. The van der Waals surface area contributed by atoms with Crippen molar-refractivity contribution in [2.24, 2.45) is 0 Å². The van der Waals surface area contributed by atoms with Crippen molar-refractivity contribution in [3.63, 3.8) is 0 Å². The Hall–Kier alpha value is -2.57. The van der Waals surface area contributed by atoms with Crippen molar-refractivity contribution in [3.8, 4) is 0 Å². The number of rotatable bonds is 7. The van der Waals surface area contributed by atoms with Crippen molar-refractivity contribution in [1.82, 2.24) is 10.6 Å². The van der Waals surface area contributed by atoms with E-state index in [1.54, 1.807) is 6.92 Å². The van der Waals surface area contributed by atoms with E-state index in [0.717, 1.165) is 5.56 Å². The van der Waals surface area contributed by atoms with Crippen LogP contribution in [0.15, 0.2) is 30.3 Å². The molecule has 2 amide bonds. The molecule has 1 aromatic carbocycles. The lowest BCUT2D eigenvalue weighted by atomic mass is 10.2. The van der Waals surface area contributed by atoms with E-state index >= 15 is 0 Å². The molecule has 22 heavy (non-hydrogen) atoms. The Morgan fingerprint density at radius 1 is 1.18 bits per heavy atom. The molecule has 1 rings (SSSR count). The zero-order valence-corrected chi connectivity index (χ0v) is 12.6. The summed E-state index contributed by atoms with van der Waals surface area (Å²) >= 11 is 0. The molecule has 0 saturated heterocycles. The smallest absolute Gasteiger partial charge is 0.407 e. The fraction of sp³-hybridized carbons (Fsp3) is 0.400. The standard InChI is InChI=1S/C15H20N2O5/c1-3-12(14(19)21-2)17-13(18)9-16-15(20)22-10-11-7-5-4-6-8-11/h4-8,12H,3,9-10H2,1-2H3,(H,16,20)(H,17,18)/t12-/m0/s1. The number of nitrogens with one attached hydrogen (secondary N) is 2. The largest absolute Gasteiger partial charge is 0.467 e. The van der Waals surface area contributed by atoms with Crippen LogP contribution in [0.3, 0.4) is 0 Å². The third kappa shape index (κ3) is 6.25. The lowest BCUT2D eigenvalue weighted by Crippen LogP contribution is -2.45. The van der Waals surface area contributed by atoms with Crippen molar-refractivity contribution in [1.29, 1.82) is 0 Å². The number of ether oxygens (including phenoxy) is 2. The van der Waals surface area contributed by atoms with Gasteiger partial charge in [0.2, 0.25) is 5.91 Å². The number of carbonyl (C=O) groups is 3. The van der Waals surface area contributed by atoms with Gasteiger partial charge in [-0.25, -0.2) is 9.59 Å². The molecule has 0 fully saturated rings. The highest BCUT2D eigenvalue weighted by Crippen LogP contribution is 2.00. The van der Waals surface area contributed by atoms with Crippen LogP contribution in [0.2, 0.25) is 0 Å². The fourth-order valence-corrected chi connectivity index (χ4v) is 1.64. The van der Waals surface area contributed by atoms with E-state index in [2.05, 4.69) is 15.4 Å². The Morgan fingerprint density at radius 3 is 2.45 bits per heavy atom. The second-order valence-corrected chi connectivity index (χ2v) is 4.47. The number of amides is 2. The highest BCUT2D eigenvalue weighted by molar-refractivity contribution is 5.87. The van der Waals surface area contributed by atoms with E-state index in [1.165, 1.54) is 7.11 Å². The Labute approximate surface area is 129 Å². The monoisotopic (exact) mass is 308 g/mol. The van der Waals surface area contributed by atoms with Crippen LogP contribution in [-0.2, 0) is 25.7 Å². The van der Waals surface area contributed by atoms with Gasteiger partial charge in [-0.15, -0.1) is 0 Å². The van der Waals surface area contributed by atoms with E-state index in [4.69, 9.17) is 4.74 Å². The molecule has 0 unspecified atom stereocenters. The van der Waals surface area contributed by atoms with Crippen molar-refractivity contribution < 1.29 is 23.9 Å². The quantitative estimate of drug-likeness (QED) is 0.732. The molecule has 0 aliphatic heterocycles. The summed E-state index contributed by atoms with van der Waals surface area (Å²) in [7, 11) is 1.25. The van der Waals surface area contributed by atoms with E-state index in [1.807, 2.05) is 30.3 Å². The van der Waals surface area contributed by atoms with Gasteiger partial charge in [-0.2, -0.15) is 0 Å². The molecule has 0 spiro atoms. The zero-order chi connectivity index (χ0) is 16.4. The summed E-state index contributed by atoms with van der Waals surface area (Å²) in [5.41, 5.74) is 0.846. The summed E-state index contributed by atoms with van der Waals surface area (Å²) in [6.45, 7) is 1.58. The SMILES string of the molecule is CC[C@H](NC(=O)CNC(=O)OCc1ccccc1)C(=O)OC. The number of hydrogen-bond donors (Lipinski definition) is 2. The van der Waals surface area contributed by atoms with E-state index in [9.17, 15) is 14.4 Å². The minimum atomic E-state index is -0.723. The van der Waals surface area contributed by atoms with Crippen LogP contribution in [0.1, 0.15) is 18.9 Å². The van der Waals surface area contributed by atoms with Gasteiger partial charge >= 0.3 is 12.1 Å². The van der Waals surface area contributed by atoms with Crippen molar-refractivity contribution in [2.45, 2.75) is 26.0 Å². The van der Waals surface area contributed by atoms with Gasteiger partial charge in [0.15, 0.2) is 0 Å². The summed E-state index contributed by atoms with van der Waals surface area (Å²) in [6, 6.07) is 8.45. The first-order chi connectivity index (χ1) is 10.6. The number of esters is 1. The molecule has 120 valence electrons. The highest BCUT2D eigenvalue weighted by Gasteiger charge is 2.19. The summed E-state index contributed by atoms with van der Waals surface area (Å²) in [5, 5.41) is 4.78. The molecule has 2 N–H and O–H groups in total. The number of benzene rings is 1. The summed E-state index contributed by atoms with van der Waals surface area (Å²) in [5.74, 6) is -1.02. The molecule has 1 aromatic rings. The van der Waals surface area contributed by atoms with Crippen LogP contribution in [-0.4, -0.2) is 37.7 Å². The van der Waals surface area contributed by atoms with Crippen LogP contribution in [0, 0.1) is 0 Å². The zero-order valence-electron chi connectivity index (χ0n) is 12.6. The number of hydrogen-bond acceptors (Lipinski definition) is 5. The maximum absolute atomic E-state index is 11.6. The predicted molar refractivity (Wildman–Crippen MR) is 78.9 cm³/mol. The minimum absolute atomic E-state index is 0.119. The lowest BCUT2D eigenvalue weighted by Gasteiger charge is -2.14. The molecular weight excluding hydrogens is 288 g/mol. The molecule has 1 atom stereocenters. The van der Waals surface area contributed by atoms with Crippen LogP contribution >= 0.6 is 0 Å². The van der Waals surface area contributed by atoms with Gasteiger partial charge in [-0.3, -0.25) is 4.79 Å². The number of methoxy groups -OCH3 is 1. The first kappa shape index (κ1) is 17.5. The Kier molecular flexibility index (Phi) is 7.45. The van der Waals surface area contributed by atoms with Crippen molar-refractivity contribution in [2.75, 3.05) is 13.7 Å². The molecule has 0 heterocycles. The summed E-state index contributed by atoms with van der Waals surface area (Å²) in [6.07, 6.45) is -0.304. The molecule has 0 bridgehead atoms. The first-order valence-corrected chi connectivity index (χ1v) is 6.88. The Balaban J connectivity index is 2.28. The summed E-state index contributed by atoms with van der Waals surface area (Å²) < 4.78 is 9.51. The van der Waals surface area contributed by atoms with Gasteiger partial charge in [0.25, 0.3) is 0 Å². The Morgan fingerprint density at radius 2 is 1.86 bits per heavy atom. The third-order valence-electron chi connectivity index (χ3n) is 2.84. The fourth-order valence-electron chi connectivity index (χ4n) is 1.64. The van der Waals surface area contributed by atoms with Gasteiger partial charge in [0.1, 0.15) is 19.2 Å². The molecule has 0 radical (unpaired) electrons. The third-order valence-corrected chi connectivity index (χ3v) is 2.84. The van der Waals surface area contributed by atoms with Crippen LogP contribution in [0.4, 0.5) is 4.79 Å². The molecule has 0 aromatic heterocycles. The molecule has 0 aliphatic carbocycles. The van der Waals surface area contributed by atoms with E-state index < -0.39 is 24.0 Å². The molecule has 0 aliphatic rings. The van der Waals surface area contributed by atoms with Gasteiger partial charge in [0.05, 0.1) is 7.11 Å². The van der Waals surface area contributed by atoms with Crippen molar-refractivity contribution >= 4 is 18.0 Å². The Bertz CT molecular complexity index is 504. The van der Waals surface area contributed by atoms with Gasteiger partial charge < -0.3 is 20.1 Å². The normalized spacial score (nSPS) is 11.2. The van der Waals surface area contributed by atoms with E-state index in [-0.39, 0.29) is 13.2 Å². The number of alkyl carbamates (subject to hydrolysis) is 1. The van der Waals surface area contributed by atoms with Crippen LogP contribution in [0.5, 0.6) is 0 Å². The second-order valence-electron chi connectivity index (χ2n) is 4.47. The van der Waals surface area contributed by atoms with Crippen molar-refractivity contribution in [3.05, 3.63) is 35.9 Å². The summed E-state index contributed by atoms with van der Waals surface area (Å²) in [4.78, 5) is 34.4. The second kappa shape index (κ2) is 9.38. The molecule has 7 nitrogen and oxygen atoms in total. The average Bonchev–Trinajstić information content (AvgIpc) is 2.56. The molecular formula is C15H20N2O5. The first-order valence-electron chi connectivity index (χ1n) is 6.88. The van der Waals surface area contributed by atoms with E-state index in [0.29, 0.717) is 6.42 Å². The topological polar surface area (TPSA) is 93.7 Å². The maximum Gasteiger partial charge on any atom is 0.407 e. The highest BCUT2D eigenvalue weighted by atomic mass is 16.5.